The first kappa shape index (κ1) is 23.3. The Balaban J connectivity index is 1.81. The first-order chi connectivity index (χ1) is 14.9. The van der Waals surface area contributed by atoms with Gasteiger partial charge in [-0.25, -0.2) is 0 Å². The molecule has 0 aliphatic rings. The maximum absolute atomic E-state index is 13.2. The summed E-state index contributed by atoms with van der Waals surface area (Å²) < 4.78 is 2.15. The number of pyridine rings is 1. The summed E-state index contributed by atoms with van der Waals surface area (Å²) in [5.41, 5.74) is 2.79. The van der Waals surface area contributed by atoms with Gasteiger partial charge in [0.05, 0.1) is 16.1 Å². The summed E-state index contributed by atoms with van der Waals surface area (Å²) in [5.74, 6) is 0.666. The van der Waals surface area contributed by atoms with E-state index in [1.165, 1.54) is 0 Å². The van der Waals surface area contributed by atoms with Gasteiger partial charge in [-0.3, -0.25) is 9.78 Å². The quantitative estimate of drug-likeness (QED) is 0.471. The first-order valence-corrected chi connectivity index (χ1v) is 11.3. The van der Waals surface area contributed by atoms with Crippen molar-refractivity contribution in [3.05, 3.63) is 65.1 Å². The lowest BCUT2D eigenvalue weighted by atomic mass is 9.91. The molecule has 3 aromatic rings. The average molecular weight is 441 g/mol. The Morgan fingerprint density at radius 2 is 2.03 bits per heavy atom. The molecule has 6 heteroatoms. The Hall–Kier alpha value is -2.37. The van der Waals surface area contributed by atoms with Crippen molar-refractivity contribution in [3.8, 4) is 0 Å². The molecule has 0 aliphatic heterocycles. The van der Waals surface area contributed by atoms with Gasteiger partial charge >= 0.3 is 0 Å². The van der Waals surface area contributed by atoms with Gasteiger partial charge in [0.15, 0.2) is 0 Å². The third-order valence-corrected chi connectivity index (χ3v) is 5.84. The van der Waals surface area contributed by atoms with Crippen molar-refractivity contribution in [1.82, 2.24) is 19.8 Å². The number of carbonyl (C=O) groups excluding carboxylic acids is 1. The molecule has 0 fully saturated rings. The molecule has 1 atom stereocenters. The summed E-state index contributed by atoms with van der Waals surface area (Å²) in [6.45, 7) is 6.80. The van der Waals surface area contributed by atoms with Crippen molar-refractivity contribution in [1.29, 1.82) is 0 Å². The second kappa shape index (κ2) is 10.8. The third-order valence-electron chi connectivity index (χ3n) is 5.53. The molecule has 1 aromatic carbocycles. The van der Waals surface area contributed by atoms with E-state index in [4.69, 9.17) is 11.6 Å². The highest BCUT2D eigenvalue weighted by Gasteiger charge is 2.20. The van der Waals surface area contributed by atoms with Crippen LogP contribution < -0.4 is 5.32 Å². The lowest BCUT2D eigenvalue weighted by molar-refractivity contribution is 0.0951. The van der Waals surface area contributed by atoms with E-state index in [0.29, 0.717) is 23.0 Å². The SMILES string of the molecule is CC(C)CC(CNC(=O)c1cn(CCCN(C)C)c2cccc(Cl)c12)c1cccnc1. The van der Waals surface area contributed by atoms with E-state index in [2.05, 4.69) is 53.8 Å². The number of benzene rings is 1. The number of halogens is 1. The summed E-state index contributed by atoms with van der Waals surface area (Å²) in [5, 5.41) is 4.60. The number of nitrogens with one attached hydrogen (secondary N) is 1. The van der Waals surface area contributed by atoms with Crippen LogP contribution in [0, 0.1) is 5.92 Å². The van der Waals surface area contributed by atoms with Crippen LogP contribution in [-0.2, 0) is 6.54 Å². The van der Waals surface area contributed by atoms with Crippen LogP contribution in [0.3, 0.4) is 0 Å². The molecule has 2 aromatic heterocycles. The molecule has 0 radical (unpaired) electrons. The van der Waals surface area contributed by atoms with Gasteiger partial charge in [-0.05, 0) is 63.2 Å². The minimum Gasteiger partial charge on any atom is -0.351 e. The molecule has 0 spiro atoms. The summed E-state index contributed by atoms with van der Waals surface area (Å²) in [7, 11) is 4.14. The van der Waals surface area contributed by atoms with E-state index >= 15 is 0 Å². The van der Waals surface area contributed by atoms with Crippen LogP contribution >= 0.6 is 11.6 Å². The van der Waals surface area contributed by atoms with E-state index in [1.807, 2.05) is 36.7 Å². The van der Waals surface area contributed by atoms with E-state index in [1.54, 1.807) is 6.20 Å². The van der Waals surface area contributed by atoms with Crippen molar-refractivity contribution in [2.24, 2.45) is 5.92 Å². The average Bonchev–Trinajstić information content (AvgIpc) is 3.11. The molecule has 31 heavy (non-hydrogen) atoms. The Morgan fingerprint density at radius 3 is 2.71 bits per heavy atom. The maximum atomic E-state index is 13.2. The molecule has 5 nitrogen and oxygen atoms in total. The highest BCUT2D eigenvalue weighted by molar-refractivity contribution is 6.36. The Kier molecular flexibility index (Phi) is 8.10. The minimum atomic E-state index is -0.0814. The van der Waals surface area contributed by atoms with Crippen LogP contribution in [0.1, 0.15) is 48.5 Å². The molecule has 0 aliphatic carbocycles. The molecular formula is C25H33ClN4O. The van der Waals surface area contributed by atoms with Gasteiger partial charge in [-0.15, -0.1) is 0 Å². The van der Waals surface area contributed by atoms with Crippen LogP contribution in [0.2, 0.25) is 5.02 Å². The summed E-state index contributed by atoms with van der Waals surface area (Å²) in [6.07, 6.45) is 7.61. The number of rotatable bonds is 10. The fourth-order valence-corrected chi connectivity index (χ4v) is 4.33. The van der Waals surface area contributed by atoms with E-state index in [9.17, 15) is 4.79 Å². The standard InChI is InChI=1S/C25H33ClN4O/c1-18(2)14-20(19-8-6-11-27-15-19)16-28-25(31)21-17-30(13-7-12-29(3)4)23-10-5-9-22(26)24(21)23/h5-6,8-11,15,17-18,20H,7,12-14,16H2,1-4H3,(H,28,31). The lowest BCUT2D eigenvalue weighted by Gasteiger charge is -2.19. The van der Waals surface area contributed by atoms with Gasteiger partial charge in [0.2, 0.25) is 0 Å². The molecule has 3 rings (SSSR count). The second-order valence-corrected chi connectivity index (χ2v) is 9.26. The highest BCUT2D eigenvalue weighted by Crippen LogP contribution is 2.29. The number of hydrogen-bond acceptors (Lipinski definition) is 3. The van der Waals surface area contributed by atoms with E-state index < -0.39 is 0 Å². The van der Waals surface area contributed by atoms with Gasteiger partial charge in [0, 0.05) is 43.0 Å². The van der Waals surface area contributed by atoms with Crippen LogP contribution in [-0.4, -0.2) is 47.5 Å². The molecular weight excluding hydrogens is 408 g/mol. The number of aromatic nitrogens is 2. The number of carbonyl (C=O) groups is 1. The van der Waals surface area contributed by atoms with Gasteiger partial charge < -0.3 is 14.8 Å². The fourth-order valence-electron chi connectivity index (χ4n) is 4.06. The van der Waals surface area contributed by atoms with E-state index in [0.717, 1.165) is 42.4 Å². The largest absolute Gasteiger partial charge is 0.351 e. The normalized spacial score (nSPS) is 12.6. The van der Waals surface area contributed by atoms with Gasteiger partial charge in [0.1, 0.15) is 0 Å². The molecule has 0 saturated heterocycles. The number of amides is 1. The van der Waals surface area contributed by atoms with Crippen molar-refractivity contribution in [2.45, 2.75) is 39.2 Å². The van der Waals surface area contributed by atoms with Crippen LogP contribution in [0.15, 0.2) is 48.9 Å². The molecule has 0 bridgehead atoms. The zero-order valence-electron chi connectivity index (χ0n) is 18.9. The molecule has 1 amide bonds. The van der Waals surface area contributed by atoms with Gasteiger partial charge in [-0.2, -0.15) is 0 Å². The van der Waals surface area contributed by atoms with Crippen molar-refractivity contribution in [3.63, 3.8) is 0 Å². The Bertz CT molecular complexity index is 997. The van der Waals surface area contributed by atoms with E-state index in [-0.39, 0.29) is 11.8 Å². The third kappa shape index (κ3) is 6.08. The van der Waals surface area contributed by atoms with Crippen molar-refractivity contribution >= 4 is 28.4 Å². The van der Waals surface area contributed by atoms with Gasteiger partial charge in [-0.1, -0.05) is 37.6 Å². The molecule has 0 saturated carbocycles. The summed E-state index contributed by atoms with van der Waals surface area (Å²) >= 11 is 6.52. The minimum absolute atomic E-state index is 0.0814. The highest BCUT2D eigenvalue weighted by atomic mass is 35.5. The monoisotopic (exact) mass is 440 g/mol. The summed E-state index contributed by atoms with van der Waals surface area (Å²) in [6, 6.07) is 9.86. The number of aryl methyl sites for hydroxylation is 1. The molecule has 2 heterocycles. The van der Waals surface area contributed by atoms with Gasteiger partial charge in [0.25, 0.3) is 5.91 Å². The molecule has 166 valence electrons. The first-order valence-electron chi connectivity index (χ1n) is 11.0. The molecule has 1 N–H and O–H groups in total. The van der Waals surface area contributed by atoms with Crippen LogP contribution in [0.4, 0.5) is 0 Å². The van der Waals surface area contributed by atoms with Crippen molar-refractivity contribution < 1.29 is 4.79 Å². The second-order valence-electron chi connectivity index (χ2n) is 8.85. The molecule has 1 unspecified atom stereocenters. The number of nitrogens with zero attached hydrogens (tertiary/aromatic N) is 3. The van der Waals surface area contributed by atoms with Crippen LogP contribution in [0.5, 0.6) is 0 Å². The predicted molar refractivity (Wildman–Crippen MR) is 129 cm³/mol. The summed E-state index contributed by atoms with van der Waals surface area (Å²) in [4.78, 5) is 19.6. The lowest BCUT2D eigenvalue weighted by Crippen LogP contribution is -2.29. The van der Waals surface area contributed by atoms with Crippen LogP contribution in [0.25, 0.3) is 10.9 Å². The zero-order chi connectivity index (χ0) is 22.4. The number of hydrogen-bond donors (Lipinski definition) is 1. The zero-order valence-corrected chi connectivity index (χ0v) is 19.7. The van der Waals surface area contributed by atoms with Crippen molar-refractivity contribution in [2.75, 3.05) is 27.2 Å². The number of fused-ring (bicyclic) bond motifs is 1. The Labute approximate surface area is 190 Å². The smallest absolute Gasteiger partial charge is 0.253 e. The fraction of sp³-hybridized carbons (Fsp3) is 0.440. The predicted octanol–water partition coefficient (Wildman–Crippen LogP) is 5.20. The maximum Gasteiger partial charge on any atom is 0.253 e. The Morgan fingerprint density at radius 1 is 1.23 bits per heavy atom. The topological polar surface area (TPSA) is 50.2 Å².